The topological polar surface area (TPSA) is 116 Å². The zero-order chi connectivity index (χ0) is 30.4. The van der Waals surface area contributed by atoms with Crippen LogP contribution in [0.15, 0.2) is 81.1 Å². The molecule has 0 unspecified atom stereocenters. The molecule has 0 atom stereocenters. The van der Waals surface area contributed by atoms with E-state index in [-0.39, 0.29) is 24.3 Å². The molecule has 224 valence electrons. The molecule has 0 radical (unpaired) electrons. The second-order valence-electron chi connectivity index (χ2n) is 10.1. The molecule has 0 fully saturated rings. The third kappa shape index (κ3) is 7.17. The molecule has 3 heterocycles. The molecule has 3 aromatic carbocycles. The van der Waals surface area contributed by atoms with E-state index in [0.29, 0.717) is 13.1 Å². The fraction of sp³-hybridized carbons (Fsp3) is 0.207. The Balaban J connectivity index is 1.42. The maximum Gasteiger partial charge on any atom is 0.265 e. The standard InChI is InChI=1S/C29H25BrN2O6S5/c30-21-8-10-26-23(17-21)32(12-4-14-43(36,37)38)29(41-26)18-28-31(11-3-13-42(33,34)35)22-15-20(7-9-25(22)40-28)27-16-19-5-1-2-6-24(19)39-27/h1-2,5-10,15-18H,3-4,11-14H2,(H-,33,34,35,36,37,38)/p+1. The van der Waals surface area contributed by atoms with Gasteiger partial charge in [0.1, 0.15) is 4.70 Å². The SMILES string of the molecule is O=S(=O)(O)CCCN1C(=Cc2sc3ccc(-c4cc5ccccc5s4)cc3[n+]2CCCS(=O)(=O)O)Sc2ccc(Br)cc21. The number of aryl methyl sites for hydroxylation is 1. The Bertz CT molecular complexity index is 2070. The molecule has 14 heteroatoms. The highest BCUT2D eigenvalue weighted by atomic mass is 79.9. The van der Waals surface area contributed by atoms with Gasteiger partial charge in [0.05, 0.1) is 28.3 Å². The van der Waals surface area contributed by atoms with Gasteiger partial charge in [-0.15, -0.1) is 11.3 Å². The second-order valence-corrected chi connectivity index (χ2v) is 17.3. The van der Waals surface area contributed by atoms with Gasteiger partial charge in [-0.2, -0.15) is 21.4 Å². The van der Waals surface area contributed by atoms with Crippen LogP contribution in [0.4, 0.5) is 5.69 Å². The van der Waals surface area contributed by atoms with Gasteiger partial charge in [0.15, 0.2) is 6.54 Å². The van der Waals surface area contributed by atoms with Crippen molar-refractivity contribution < 1.29 is 30.5 Å². The summed E-state index contributed by atoms with van der Waals surface area (Å²) in [5, 5.41) is 2.97. The molecule has 8 nitrogen and oxygen atoms in total. The number of nitrogens with zero attached hydrogens (tertiary/aromatic N) is 2. The predicted molar refractivity (Wildman–Crippen MR) is 180 cm³/mol. The van der Waals surface area contributed by atoms with Gasteiger partial charge in [-0.3, -0.25) is 9.11 Å². The lowest BCUT2D eigenvalue weighted by atomic mass is 10.1. The minimum Gasteiger partial charge on any atom is -0.335 e. The molecule has 6 rings (SSSR count). The van der Waals surface area contributed by atoms with Crippen LogP contribution in [-0.4, -0.2) is 44.0 Å². The van der Waals surface area contributed by atoms with Gasteiger partial charge in [0.2, 0.25) is 5.52 Å². The molecule has 2 N–H and O–H groups in total. The van der Waals surface area contributed by atoms with Crippen LogP contribution in [0, 0.1) is 0 Å². The number of thiophene rings is 1. The zero-order valence-corrected chi connectivity index (χ0v) is 28.2. The van der Waals surface area contributed by atoms with Gasteiger partial charge < -0.3 is 4.90 Å². The summed E-state index contributed by atoms with van der Waals surface area (Å²) in [6.45, 7) is 0.756. The summed E-state index contributed by atoms with van der Waals surface area (Å²) in [5.74, 6) is -0.691. The molecule has 0 saturated heterocycles. The quantitative estimate of drug-likeness (QED) is 0.113. The van der Waals surface area contributed by atoms with Crippen LogP contribution < -0.4 is 9.47 Å². The first-order valence-corrected chi connectivity index (χ1v) is 19.7. The summed E-state index contributed by atoms with van der Waals surface area (Å²) in [4.78, 5) is 4.20. The van der Waals surface area contributed by atoms with Crippen LogP contribution in [0.5, 0.6) is 0 Å². The van der Waals surface area contributed by atoms with E-state index in [1.807, 2.05) is 41.3 Å². The van der Waals surface area contributed by atoms with Gasteiger partial charge in [0, 0.05) is 38.0 Å². The van der Waals surface area contributed by atoms with Gasteiger partial charge in [-0.05, 0) is 53.8 Å². The highest BCUT2D eigenvalue weighted by Crippen LogP contribution is 2.48. The van der Waals surface area contributed by atoms with Crippen molar-refractivity contribution in [2.45, 2.75) is 24.3 Å². The second kappa shape index (κ2) is 12.2. The van der Waals surface area contributed by atoms with Gasteiger partial charge >= 0.3 is 0 Å². The number of aromatic nitrogens is 1. The maximum atomic E-state index is 11.5. The van der Waals surface area contributed by atoms with Crippen LogP contribution in [0.1, 0.15) is 17.8 Å². The number of hydrogen-bond donors (Lipinski definition) is 2. The Kier molecular flexibility index (Phi) is 8.74. The molecular formula is C29H26BrN2O6S5+. The Morgan fingerprint density at radius 3 is 2.40 bits per heavy atom. The number of benzene rings is 3. The summed E-state index contributed by atoms with van der Waals surface area (Å²) >= 11 is 8.40. The first-order chi connectivity index (χ1) is 20.4. The van der Waals surface area contributed by atoms with Crippen LogP contribution >= 0.6 is 50.4 Å². The average molecular weight is 739 g/mol. The number of thiazole rings is 1. The lowest BCUT2D eigenvalue weighted by Gasteiger charge is -2.20. The summed E-state index contributed by atoms with van der Waals surface area (Å²) in [5.41, 5.74) is 2.96. The molecule has 43 heavy (non-hydrogen) atoms. The highest BCUT2D eigenvalue weighted by Gasteiger charge is 2.29. The lowest BCUT2D eigenvalue weighted by molar-refractivity contribution is -0.668. The van der Waals surface area contributed by atoms with Crippen molar-refractivity contribution in [3.63, 3.8) is 0 Å². The van der Waals surface area contributed by atoms with E-state index in [1.54, 1.807) is 34.4 Å². The van der Waals surface area contributed by atoms with Crippen molar-refractivity contribution in [2.75, 3.05) is 23.0 Å². The van der Waals surface area contributed by atoms with Crippen molar-refractivity contribution in [1.82, 2.24) is 0 Å². The molecular weight excluding hydrogens is 713 g/mol. The van der Waals surface area contributed by atoms with E-state index in [2.05, 4.69) is 56.9 Å². The summed E-state index contributed by atoms with van der Waals surface area (Å²) < 4.78 is 69.8. The number of anilines is 1. The molecule has 0 saturated carbocycles. The van der Waals surface area contributed by atoms with Crippen LogP contribution in [0.25, 0.3) is 36.8 Å². The maximum absolute atomic E-state index is 11.5. The highest BCUT2D eigenvalue weighted by molar-refractivity contribution is 9.10. The Morgan fingerprint density at radius 1 is 0.860 bits per heavy atom. The first kappa shape index (κ1) is 30.7. The van der Waals surface area contributed by atoms with Crippen molar-refractivity contribution >= 4 is 103 Å². The lowest BCUT2D eigenvalue weighted by Crippen LogP contribution is -2.36. The molecule has 0 aliphatic carbocycles. The monoisotopic (exact) mass is 737 g/mol. The largest absolute Gasteiger partial charge is 0.335 e. The van der Waals surface area contributed by atoms with Gasteiger partial charge in [0.25, 0.3) is 25.2 Å². The van der Waals surface area contributed by atoms with E-state index in [9.17, 15) is 25.9 Å². The van der Waals surface area contributed by atoms with Crippen LogP contribution in [0.3, 0.4) is 0 Å². The third-order valence-corrected chi connectivity index (χ3v) is 12.4. The number of fused-ring (bicyclic) bond motifs is 3. The minimum absolute atomic E-state index is 0.233. The van der Waals surface area contributed by atoms with E-state index in [1.165, 1.54) is 10.1 Å². The van der Waals surface area contributed by atoms with Crippen molar-refractivity contribution in [1.29, 1.82) is 0 Å². The summed E-state index contributed by atoms with van der Waals surface area (Å²) in [6.07, 6.45) is 2.52. The molecule has 0 bridgehead atoms. The summed E-state index contributed by atoms with van der Waals surface area (Å²) in [6, 6.07) is 22.7. The fourth-order valence-corrected chi connectivity index (χ4v) is 9.73. The smallest absolute Gasteiger partial charge is 0.265 e. The van der Waals surface area contributed by atoms with E-state index in [4.69, 9.17) is 0 Å². The molecule has 5 aromatic rings. The van der Waals surface area contributed by atoms with Crippen molar-refractivity contribution in [2.24, 2.45) is 0 Å². The molecule has 0 spiro atoms. The number of halogens is 1. The fourth-order valence-electron chi connectivity index (χ4n) is 5.04. The average Bonchev–Trinajstić information content (AvgIpc) is 3.61. The normalized spacial score (nSPS) is 14.8. The van der Waals surface area contributed by atoms with Crippen LogP contribution in [-0.2, 0) is 26.8 Å². The van der Waals surface area contributed by atoms with E-state index in [0.717, 1.165) is 45.7 Å². The van der Waals surface area contributed by atoms with Gasteiger partial charge in [-0.25, -0.2) is 0 Å². The molecule has 0 amide bonds. The first-order valence-electron chi connectivity index (χ1n) is 13.3. The number of thioether (sulfide) groups is 1. The molecule has 2 aromatic heterocycles. The summed E-state index contributed by atoms with van der Waals surface area (Å²) in [7, 11) is -8.21. The Labute approximate surface area is 270 Å². The zero-order valence-electron chi connectivity index (χ0n) is 22.5. The van der Waals surface area contributed by atoms with Crippen molar-refractivity contribution in [3.8, 4) is 10.4 Å². The molecule has 1 aliphatic rings. The predicted octanol–water partition coefficient (Wildman–Crippen LogP) is 7.30. The van der Waals surface area contributed by atoms with Gasteiger partial charge in [-0.1, -0.05) is 63.3 Å². The number of rotatable bonds is 10. The van der Waals surface area contributed by atoms with Crippen LogP contribution in [0.2, 0.25) is 0 Å². The number of hydrogen-bond acceptors (Lipinski definition) is 8. The van der Waals surface area contributed by atoms with E-state index < -0.39 is 20.2 Å². The minimum atomic E-state index is -4.11. The molecule has 1 aliphatic heterocycles. The Hall–Kier alpha value is -2.30. The van der Waals surface area contributed by atoms with E-state index >= 15 is 0 Å². The Morgan fingerprint density at radius 2 is 1.63 bits per heavy atom. The third-order valence-electron chi connectivity index (χ3n) is 6.95. The van der Waals surface area contributed by atoms with Crippen molar-refractivity contribution in [3.05, 3.63) is 81.2 Å².